The molecule has 0 spiro atoms. The molecular formula is C24H31Cl2N3O4S. The Bertz CT molecular complexity index is 1090. The van der Waals surface area contributed by atoms with Crippen molar-refractivity contribution in [2.75, 3.05) is 17.1 Å². The molecule has 0 fully saturated rings. The highest BCUT2D eigenvalue weighted by atomic mass is 35.5. The summed E-state index contributed by atoms with van der Waals surface area (Å²) in [5, 5.41) is 3.59. The van der Waals surface area contributed by atoms with Crippen molar-refractivity contribution in [2.24, 2.45) is 0 Å². The molecule has 2 aromatic carbocycles. The lowest BCUT2D eigenvalue weighted by molar-refractivity contribution is -0.140. The number of hydrogen-bond acceptors (Lipinski definition) is 4. The van der Waals surface area contributed by atoms with Crippen LogP contribution in [0.1, 0.15) is 39.2 Å². The Morgan fingerprint density at radius 1 is 1.00 bits per heavy atom. The van der Waals surface area contributed by atoms with Gasteiger partial charge in [-0.05, 0) is 57.0 Å². The zero-order valence-electron chi connectivity index (χ0n) is 19.8. The van der Waals surface area contributed by atoms with Gasteiger partial charge >= 0.3 is 0 Å². The summed E-state index contributed by atoms with van der Waals surface area (Å²) in [6, 6.07) is 13.0. The maximum atomic E-state index is 13.2. The van der Waals surface area contributed by atoms with Gasteiger partial charge in [0, 0.05) is 25.6 Å². The second-order valence-electron chi connectivity index (χ2n) is 8.38. The van der Waals surface area contributed by atoms with E-state index in [9.17, 15) is 18.0 Å². The Morgan fingerprint density at radius 2 is 1.65 bits per heavy atom. The molecule has 7 nitrogen and oxygen atoms in total. The summed E-state index contributed by atoms with van der Waals surface area (Å²) in [6.45, 7) is 5.66. The van der Waals surface area contributed by atoms with Gasteiger partial charge in [0.15, 0.2) is 0 Å². The maximum absolute atomic E-state index is 13.2. The molecule has 0 radical (unpaired) electrons. The number of para-hydroxylation sites is 1. The van der Waals surface area contributed by atoms with E-state index in [1.54, 1.807) is 55.5 Å². The number of sulfonamides is 1. The van der Waals surface area contributed by atoms with Crippen LogP contribution in [0, 0.1) is 0 Å². The van der Waals surface area contributed by atoms with E-state index in [-0.39, 0.29) is 43.8 Å². The lowest BCUT2D eigenvalue weighted by Crippen LogP contribution is -2.49. The summed E-state index contributed by atoms with van der Waals surface area (Å²) in [5.41, 5.74) is 1.27. The summed E-state index contributed by atoms with van der Waals surface area (Å²) < 4.78 is 25.9. The molecule has 1 unspecified atom stereocenters. The fraction of sp³-hybridized carbons (Fsp3) is 0.417. The number of benzene rings is 2. The quantitative estimate of drug-likeness (QED) is 0.466. The number of nitrogens with one attached hydrogen (secondary N) is 1. The second-order valence-corrected chi connectivity index (χ2v) is 11.1. The number of carbonyl (C=O) groups is 2. The lowest BCUT2D eigenvalue weighted by atomic mass is 10.1. The van der Waals surface area contributed by atoms with E-state index in [4.69, 9.17) is 23.2 Å². The average molecular weight is 529 g/mol. The van der Waals surface area contributed by atoms with Crippen LogP contribution in [0.5, 0.6) is 0 Å². The number of halogens is 2. The molecule has 186 valence electrons. The van der Waals surface area contributed by atoms with Crippen molar-refractivity contribution in [2.45, 2.75) is 52.2 Å². The smallest absolute Gasteiger partial charge is 0.242 e. The van der Waals surface area contributed by atoms with E-state index < -0.39 is 16.1 Å². The molecule has 10 heteroatoms. The van der Waals surface area contributed by atoms with Crippen LogP contribution in [0.3, 0.4) is 0 Å². The maximum Gasteiger partial charge on any atom is 0.242 e. The molecule has 0 saturated heterocycles. The summed E-state index contributed by atoms with van der Waals surface area (Å²) in [6.07, 6.45) is 1.49. The molecule has 0 saturated carbocycles. The number of nitrogens with zero attached hydrogens (tertiary/aromatic N) is 2. The Kier molecular flexibility index (Phi) is 10.2. The van der Waals surface area contributed by atoms with Crippen LogP contribution >= 0.6 is 23.2 Å². The predicted molar refractivity (Wildman–Crippen MR) is 138 cm³/mol. The third-order valence-corrected chi connectivity index (χ3v) is 7.06. The van der Waals surface area contributed by atoms with Gasteiger partial charge in [-0.1, -0.05) is 47.5 Å². The third-order valence-electron chi connectivity index (χ3n) is 5.13. The van der Waals surface area contributed by atoms with Gasteiger partial charge in [0.1, 0.15) is 6.04 Å². The monoisotopic (exact) mass is 527 g/mol. The topological polar surface area (TPSA) is 86.8 Å². The van der Waals surface area contributed by atoms with Crippen molar-refractivity contribution in [3.8, 4) is 0 Å². The molecule has 2 amide bonds. The summed E-state index contributed by atoms with van der Waals surface area (Å²) >= 11 is 12.1. The van der Waals surface area contributed by atoms with E-state index in [0.29, 0.717) is 15.7 Å². The van der Waals surface area contributed by atoms with E-state index in [2.05, 4.69) is 5.32 Å². The van der Waals surface area contributed by atoms with Crippen LogP contribution in [-0.4, -0.2) is 50.0 Å². The highest BCUT2D eigenvalue weighted by Gasteiger charge is 2.27. The van der Waals surface area contributed by atoms with Crippen LogP contribution < -0.4 is 9.62 Å². The normalized spacial score (nSPS) is 12.3. The van der Waals surface area contributed by atoms with Crippen LogP contribution in [0.25, 0.3) is 0 Å². The fourth-order valence-corrected chi connectivity index (χ4v) is 4.71. The van der Waals surface area contributed by atoms with Gasteiger partial charge in [-0.15, -0.1) is 0 Å². The molecular weight excluding hydrogens is 497 g/mol. The predicted octanol–water partition coefficient (Wildman–Crippen LogP) is 4.48. The molecule has 34 heavy (non-hydrogen) atoms. The Morgan fingerprint density at radius 3 is 2.21 bits per heavy atom. The minimum Gasteiger partial charge on any atom is -0.352 e. The molecule has 2 aromatic rings. The highest BCUT2D eigenvalue weighted by molar-refractivity contribution is 7.92. The van der Waals surface area contributed by atoms with Crippen molar-refractivity contribution < 1.29 is 18.0 Å². The van der Waals surface area contributed by atoms with Crippen molar-refractivity contribution in [3.05, 3.63) is 64.1 Å². The van der Waals surface area contributed by atoms with E-state index in [1.165, 1.54) is 9.21 Å². The van der Waals surface area contributed by atoms with Crippen LogP contribution in [0.4, 0.5) is 5.69 Å². The summed E-state index contributed by atoms with van der Waals surface area (Å²) in [5.74, 6) is -0.538. The molecule has 0 bridgehead atoms. The second kappa shape index (κ2) is 12.4. The molecule has 1 N–H and O–H groups in total. The third kappa shape index (κ3) is 8.18. The molecule has 0 heterocycles. The van der Waals surface area contributed by atoms with Crippen LogP contribution in [0.2, 0.25) is 10.0 Å². The molecule has 0 aliphatic rings. The first-order valence-corrected chi connectivity index (χ1v) is 13.6. The first-order valence-electron chi connectivity index (χ1n) is 11.0. The van der Waals surface area contributed by atoms with E-state index in [0.717, 1.165) is 11.8 Å². The van der Waals surface area contributed by atoms with Crippen molar-refractivity contribution in [1.29, 1.82) is 0 Å². The SMILES string of the molecule is CC(C)NC(=O)C(C)N(Cc1ccc(Cl)c(Cl)c1)C(=O)CCCN(c1ccccc1)S(C)(=O)=O. The van der Waals surface area contributed by atoms with Crippen molar-refractivity contribution in [3.63, 3.8) is 0 Å². The van der Waals surface area contributed by atoms with Crippen molar-refractivity contribution >= 4 is 50.7 Å². The first kappa shape index (κ1) is 28.0. The number of carbonyl (C=O) groups excluding carboxylic acids is 2. The highest BCUT2D eigenvalue weighted by Crippen LogP contribution is 2.24. The number of rotatable bonds is 11. The lowest BCUT2D eigenvalue weighted by Gasteiger charge is -2.30. The zero-order chi connectivity index (χ0) is 25.5. The number of hydrogen-bond donors (Lipinski definition) is 1. The number of anilines is 1. The minimum atomic E-state index is -3.52. The van der Waals surface area contributed by atoms with Crippen molar-refractivity contribution in [1.82, 2.24) is 10.2 Å². The Balaban J connectivity index is 2.17. The summed E-state index contributed by atoms with van der Waals surface area (Å²) in [7, 11) is -3.52. The molecule has 2 rings (SSSR count). The van der Waals surface area contributed by atoms with Gasteiger partial charge < -0.3 is 10.2 Å². The van der Waals surface area contributed by atoms with Crippen LogP contribution in [0.15, 0.2) is 48.5 Å². The Labute approximate surface area is 212 Å². The standard InChI is InChI=1S/C24H31Cl2N3O4S/c1-17(2)27-24(31)18(3)28(16-19-12-13-21(25)22(26)15-19)23(30)11-8-14-29(34(4,32)33)20-9-6-5-7-10-20/h5-7,9-10,12-13,15,17-18H,8,11,14,16H2,1-4H3,(H,27,31). The molecule has 1 atom stereocenters. The van der Waals surface area contributed by atoms with Gasteiger partial charge in [-0.25, -0.2) is 8.42 Å². The molecule has 0 aliphatic carbocycles. The number of amides is 2. The largest absolute Gasteiger partial charge is 0.352 e. The Hall–Kier alpha value is -2.29. The summed E-state index contributed by atoms with van der Waals surface area (Å²) in [4.78, 5) is 27.4. The minimum absolute atomic E-state index is 0.0689. The van der Waals surface area contributed by atoms with Gasteiger partial charge in [-0.3, -0.25) is 13.9 Å². The van der Waals surface area contributed by atoms with Gasteiger partial charge in [0.25, 0.3) is 0 Å². The van der Waals surface area contributed by atoms with Crippen LogP contribution in [-0.2, 0) is 26.2 Å². The van der Waals surface area contributed by atoms with E-state index >= 15 is 0 Å². The first-order chi connectivity index (χ1) is 15.9. The van der Waals surface area contributed by atoms with E-state index in [1.807, 2.05) is 13.8 Å². The molecule has 0 aliphatic heterocycles. The van der Waals surface area contributed by atoms with Gasteiger partial charge in [0.2, 0.25) is 21.8 Å². The van der Waals surface area contributed by atoms with Gasteiger partial charge in [0.05, 0.1) is 22.0 Å². The fourth-order valence-electron chi connectivity index (χ4n) is 3.42. The average Bonchev–Trinajstić information content (AvgIpc) is 2.76. The zero-order valence-corrected chi connectivity index (χ0v) is 22.1. The molecule has 0 aromatic heterocycles. The van der Waals surface area contributed by atoms with Gasteiger partial charge in [-0.2, -0.15) is 0 Å².